The summed E-state index contributed by atoms with van der Waals surface area (Å²) in [6.07, 6.45) is 5.32. The maximum Gasteiger partial charge on any atom is 0.315 e. The van der Waals surface area contributed by atoms with Crippen LogP contribution in [0, 0.1) is 11.8 Å². The number of hydrogen-bond donors (Lipinski definition) is 3. The Balaban J connectivity index is 1.72. The van der Waals surface area contributed by atoms with Gasteiger partial charge in [0.25, 0.3) is 0 Å². The number of carboxylic acid groups (broad SMARTS) is 1. The van der Waals surface area contributed by atoms with Gasteiger partial charge in [-0.05, 0) is 31.6 Å². The molecule has 1 saturated carbocycles. The maximum absolute atomic E-state index is 11.8. The highest BCUT2D eigenvalue weighted by atomic mass is 16.5. The van der Waals surface area contributed by atoms with Crippen LogP contribution < -0.4 is 10.6 Å². The van der Waals surface area contributed by atoms with Crippen molar-refractivity contribution in [3.63, 3.8) is 0 Å². The van der Waals surface area contributed by atoms with Crippen LogP contribution >= 0.6 is 0 Å². The first-order valence-electron chi connectivity index (χ1n) is 7.51. The van der Waals surface area contributed by atoms with Gasteiger partial charge in [0.05, 0.1) is 5.92 Å². The van der Waals surface area contributed by atoms with Crippen molar-refractivity contribution in [2.75, 3.05) is 19.8 Å². The SMILES string of the molecule is O=C(NCC1CCCCC1C(=O)O)NC1CCOCC1. The number of nitrogens with one attached hydrogen (secondary N) is 2. The molecule has 1 aliphatic carbocycles. The van der Waals surface area contributed by atoms with Crippen LogP contribution in [0.1, 0.15) is 38.5 Å². The summed E-state index contributed by atoms with van der Waals surface area (Å²) in [5, 5.41) is 14.9. The number of amides is 2. The molecule has 20 heavy (non-hydrogen) atoms. The molecule has 2 atom stereocenters. The first-order chi connectivity index (χ1) is 9.66. The zero-order valence-electron chi connectivity index (χ0n) is 11.8. The van der Waals surface area contributed by atoms with Crippen molar-refractivity contribution in [1.82, 2.24) is 10.6 Å². The second-order valence-corrected chi connectivity index (χ2v) is 5.73. The van der Waals surface area contributed by atoms with Gasteiger partial charge in [0.15, 0.2) is 0 Å². The minimum atomic E-state index is -0.735. The van der Waals surface area contributed by atoms with Crippen molar-refractivity contribution in [3.05, 3.63) is 0 Å². The zero-order chi connectivity index (χ0) is 14.4. The number of carbonyl (C=O) groups is 2. The van der Waals surface area contributed by atoms with E-state index in [1.165, 1.54) is 0 Å². The van der Waals surface area contributed by atoms with Crippen molar-refractivity contribution in [2.24, 2.45) is 11.8 Å². The van der Waals surface area contributed by atoms with E-state index in [0.29, 0.717) is 19.8 Å². The van der Waals surface area contributed by atoms with Gasteiger partial charge in [0.1, 0.15) is 0 Å². The van der Waals surface area contributed by atoms with Crippen LogP contribution in [0.25, 0.3) is 0 Å². The van der Waals surface area contributed by atoms with Gasteiger partial charge < -0.3 is 20.5 Å². The predicted octanol–water partition coefficient (Wildman–Crippen LogP) is 1.36. The smallest absolute Gasteiger partial charge is 0.315 e. The van der Waals surface area contributed by atoms with Gasteiger partial charge in [-0.3, -0.25) is 4.79 Å². The molecule has 2 aliphatic rings. The summed E-state index contributed by atoms with van der Waals surface area (Å²) in [4.78, 5) is 23.0. The quantitative estimate of drug-likeness (QED) is 0.727. The summed E-state index contributed by atoms with van der Waals surface area (Å²) in [7, 11) is 0. The maximum atomic E-state index is 11.8. The fourth-order valence-electron chi connectivity index (χ4n) is 3.08. The minimum absolute atomic E-state index is 0.0571. The fourth-order valence-corrected chi connectivity index (χ4v) is 3.08. The minimum Gasteiger partial charge on any atom is -0.481 e. The molecule has 114 valence electrons. The van der Waals surface area contributed by atoms with Crippen LogP contribution in [0.4, 0.5) is 4.79 Å². The highest BCUT2D eigenvalue weighted by Gasteiger charge is 2.30. The molecule has 0 aromatic carbocycles. The highest BCUT2D eigenvalue weighted by Crippen LogP contribution is 2.29. The van der Waals surface area contributed by atoms with Gasteiger partial charge in [0.2, 0.25) is 0 Å². The van der Waals surface area contributed by atoms with Gasteiger partial charge in [-0.25, -0.2) is 4.79 Å². The standard InChI is InChI=1S/C14H24N2O4/c17-13(18)12-4-2-1-3-10(12)9-15-14(19)16-11-5-7-20-8-6-11/h10-12H,1-9H2,(H,17,18)(H2,15,16,19). The molecule has 0 aromatic heterocycles. The molecular weight excluding hydrogens is 260 g/mol. The Morgan fingerprint density at radius 3 is 2.50 bits per heavy atom. The number of aliphatic carboxylic acids is 1. The lowest BCUT2D eigenvalue weighted by atomic mass is 9.79. The third-order valence-electron chi connectivity index (χ3n) is 4.31. The average molecular weight is 284 g/mol. The molecule has 0 spiro atoms. The van der Waals surface area contributed by atoms with Crippen molar-refractivity contribution < 1.29 is 19.4 Å². The summed E-state index contributed by atoms with van der Waals surface area (Å²) in [5.74, 6) is -0.991. The average Bonchev–Trinajstić information content (AvgIpc) is 2.46. The van der Waals surface area contributed by atoms with E-state index in [2.05, 4.69) is 10.6 Å². The Bertz CT molecular complexity index is 342. The lowest BCUT2D eigenvalue weighted by Crippen LogP contribution is -2.47. The number of urea groups is 1. The third-order valence-corrected chi connectivity index (χ3v) is 4.31. The van der Waals surface area contributed by atoms with Gasteiger partial charge in [-0.15, -0.1) is 0 Å². The van der Waals surface area contributed by atoms with E-state index in [-0.39, 0.29) is 23.9 Å². The molecular formula is C14H24N2O4. The van der Waals surface area contributed by atoms with E-state index in [4.69, 9.17) is 4.74 Å². The first-order valence-corrected chi connectivity index (χ1v) is 7.51. The van der Waals surface area contributed by atoms with Gasteiger partial charge in [0, 0.05) is 25.8 Å². The molecule has 6 heteroatoms. The Labute approximate surface area is 119 Å². The summed E-state index contributed by atoms with van der Waals surface area (Å²) >= 11 is 0. The number of hydrogen-bond acceptors (Lipinski definition) is 3. The van der Waals surface area contributed by atoms with Gasteiger partial charge in [-0.1, -0.05) is 12.8 Å². The third kappa shape index (κ3) is 4.37. The van der Waals surface area contributed by atoms with Gasteiger partial charge in [-0.2, -0.15) is 0 Å². The molecule has 1 heterocycles. The number of carbonyl (C=O) groups excluding carboxylic acids is 1. The van der Waals surface area contributed by atoms with E-state index < -0.39 is 5.97 Å². The molecule has 3 N–H and O–H groups in total. The Hall–Kier alpha value is -1.30. The Morgan fingerprint density at radius 2 is 1.80 bits per heavy atom. The number of carboxylic acids is 1. The van der Waals surface area contributed by atoms with Gasteiger partial charge >= 0.3 is 12.0 Å². The number of ether oxygens (including phenoxy) is 1. The zero-order valence-corrected chi connectivity index (χ0v) is 11.8. The summed E-state index contributed by atoms with van der Waals surface area (Å²) in [6, 6.07) is -0.0167. The summed E-state index contributed by atoms with van der Waals surface area (Å²) in [5.41, 5.74) is 0. The molecule has 0 aromatic rings. The normalized spacial score (nSPS) is 27.8. The van der Waals surface area contributed by atoms with Crippen LogP contribution in [-0.4, -0.2) is 42.9 Å². The lowest BCUT2D eigenvalue weighted by Gasteiger charge is -2.29. The molecule has 1 saturated heterocycles. The van der Waals surface area contributed by atoms with E-state index >= 15 is 0 Å². The topological polar surface area (TPSA) is 87.7 Å². The highest BCUT2D eigenvalue weighted by molar-refractivity contribution is 5.74. The molecule has 6 nitrogen and oxygen atoms in total. The largest absolute Gasteiger partial charge is 0.481 e. The van der Waals surface area contributed by atoms with E-state index in [1.807, 2.05) is 0 Å². The summed E-state index contributed by atoms with van der Waals surface area (Å²) in [6.45, 7) is 1.83. The van der Waals surface area contributed by atoms with Crippen LogP contribution in [0.5, 0.6) is 0 Å². The predicted molar refractivity (Wildman–Crippen MR) is 73.5 cm³/mol. The van der Waals surface area contributed by atoms with Crippen LogP contribution in [0.3, 0.4) is 0 Å². The molecule has 2 rings (SSSR count). The molecule has 2 amide bonds. The Morgan fingerprint density at radius 1 is 1.10 bits per heavy atom. The van der Waals surface area contributed by atoms with E-state index in [1.54, 1.807) is 0 Å². The number of rotatable bonds is 4. The Kier molecular flexibility index (Phi) is 5.64. The molecule has 0 radical (unpaired) electrons. The molecule has 0 bridgehead atoms. The van der Waals surface area contributed by atoms with E-state index in [0.717, 1.165) is 38.5 Å². The van der Waals surface area contributed by atoms with Crippen molar-refractivity contribution in [2.45, 2.75) is 44.6 Å². The van der Waals surface area contributed by atoms with Crippen molar-refractivity contribution in [1.29, 1.82) is 0 Å². The molecule has 2 fully saturated rings. The first kappa shape index (κ1) is 15.1. The van der Waals surface area contributed by atoms with Crippen molar-refractivity contribution >= 4 is 12.0 Å². The fraction of sp³-hybridized carbons (Fsp3) is 0.857. The lowest BCUT2D eigenvalue weighted by molar-refractivity contribution is -0.144. The molecule has 1 aliphatic heterocycles. The van der Waals surface area contributed by atoms with Crippen LogP contribution in [0.2, 0.25) is 0 Å². The monoisotopic (exact) mass is 284 g/mol. The second-order valence-electron chi connectivity index (χ2n) is 5.73. The second kappa shape index (κ2) is 7.47. The van der Waals surface area contributed by atoms with Crippen LogP contribution in [0.15, 0.2) is 0 Å². The van der Waals surface area contributed by atoms with Crippen LogP contribution in [-0.2, 0) is 9.53 Å². The molecule has 2 unspecified atom stereocenters. The summed E-state index contributed by atoms with van der Waals surface area (Å²) < 4.78 is 5.24. The van der Waals surface area contributed by atoms with E-state index in [9.17, 15) is 14.7 Å². The van der Waals surface area contributed by atoms with Crippen molar-refractivity contribution in [3.8, 4) is 0 Å².